The molecule has 0 radical (unpaired) electrons. The smallest absolute Gasteiger partial charge is 0.253 e. The molecule has 2 aromatic rings. The Morgan fingerprint density at radius 2 is 1.75 bits per heavy atom. The molecule has 150 valence electrons. The van der Waals surface area contributed by atoms with Gasteiger partial charge in [-0.2, -0.15) is 0 Å². The summed E-state index contributed by atoms with van der Waals surface area (Å²) in [6.45, 7) is 1.60. The Kier molecular flexibility index (Phi) is 8.29. The lowest BCUT2D eigenvalue weighted by Gasteiger charge is -2.13. The van der Waals surface area contributed by atoms with E-state index in [0.29, 0.717) is 23.9 Å². The summed E-state index contributed by atoms with van der Waals surface area (Å²) in [6, 6.07) is 18.4. The molecule has 2 aromatic carbocycles. The molecule has 1 amide bonds. The molecule has 2 unspecified atom stereocenters. The molecule has 0 saturated heterocycles. The van der Waals surface area contributed by atoms with Crippen LogP contribution < -0.4 is 10.6 Å². The van der Waals surface area contributed by atoms with Gasteiger partial charge >= 0.3 is 0 Å². The fraction of sp³-hybridized carbons (Fsp3) is 0.364. The normalized spacial score (nSPS) is 18.0. The van der Waals surface area contributed by atoms with Gasteiger partial charge in [0.2, 0.25) is 0 Å². The van der Waals surface area contributed by atoms with E-state index in [1.54, 1.807) is 26.0 Å². The van der Waals surface area contributed by atoms with Crippen LogP contribution in [0.3, 0.4) is 0 Å². The number of nitrogens with one attached hydrogen (secondary N) is 2. The topological polar surface area (TPSA) is 56.7 Å². The standard InChI is InChI=1S/C22H28N4O.HI/c1-23-22(25-15-19-13-20(19)17-7-5-4-6-8-17)24-14-16-9-11-18(12-10-16)21(27)26(2)3;/h4-12,19-20H,13-15H2,1-3H3,(H2,23,24,25);1H. The molecule has 0 spiro atoms. The zero-order chi connectivity index (χ0) is 19.2. The van der Waals surface area contributed by atoms with Crippen LogP contribution in [-0.4, -0.2) is 44.5 Å². The highest BCUT2D eigenvalue weighted by Gasteiger charge is 2.37. The van der Waals surface area contributed by atoms with Crippen molar-refractivity contribution < 1.29 is 4.79 Å². The molecule has 6 heteroatoms. The van der Waals surface area contributed by atoms with E-state index in [4.69, 9.17) is 0 Å². The Bertz CT molecular complexity index is 790. The van der Waals surface area contributed by atoms with Crippen LogP contribution in [0.15, 0.2) is 59.6 Å². The quantitative estimate of drug-likeness (QED) is 0.369. The van der Waals surface area contributed by atoms with Gasteiger partial charge in [0.05, 0.1) is 0 Å². The van der Waals surface area contributed by atoms with Crippen molar-refractivity contribution in [3.05, 3.63) is 71.3 Å². The first-order valence-electron chi connectivity index (χ1n) is 9.38. The highest BCUT2D eigenvalue weighted by molar-refractivity contribution is 14.0. The van der Waals surface area contributed by atoms with E-state index >= 15 is 0 Å². The SMILES string of the molecule is CN=C(NCc1ccc(C(=O)N(C)C)cc1)NCC1CC1c1ccccc1.I. The molecule has 0 bridgehead atoms. The minimum atomic E-state index is 0. The molecule has 1 aliphatic carbocycles. The molecule has 0 heterocycles. The highest BCUT2D eigenvalue weighted by Crippen LogP contribution is 2.46. The van der Waals surface area contributed by atoms with Crippen molar-refractivity contribution in [1.82, 2.24) is 15.5 Å². The maximum Gasteiger partial charge on any atom is 0.253 e. The van der Waals surface area contributed by atoms with Crippen molar-refractivity contribution in [2.24, 2.45) is 10.9 Å². The number of benzene rings is 2. The third-order valence-corrected chi connectivity index (χ3v) is 4.97. The van der Waals surface area contributed by atoms with Crippen molar-refractivity contribution in [1.29, 1.82) is 0 Å². The van der Waals surface area contributed by atoms with Gasteiger partial charge in [-0.15, -0.1) is 24.0 Å². The minimum absolute atomic E-state index is 0. The van der Waals surface area contributed by atoms with E-state index in [0.717, 1.165) is 18.1 Å². The van der Waals surface area contributed by atoms with Gasteiger partial charge in [-0.25, -0.2) is 0 Å². The van der Waals surface area contributed by atoms with Crippen LogP contribution in [0.4, 0.5) is 0 Å². The van der Waals surface area contributed by atoms with Crippen LogP contribution in [0.1, 0.15) is 33.8 Å². The van der Waals surface area contributed by atoms with Crippen molar-refractivity contribution in [2.45, 2.75) is 18.9 Å². The van der Waals surface area contributed by atoms with Gasteiger partial charge in [0.1, 0.15) is 0 Å². The van der Waals surface area contributed by atoms with Crippen LogP contribution in [-0.2, 0) is 6.54 Å². The van der Waals surface area contributed by atoms with Crippen molar-refractivity contribution in [2.75, 3.05) is 27.7 Å². The van der Waals surface area contributed by atoms with Crippen LogP contribution in [0, 0.1) is 5.92 Å². The number of carbonyl (C=O) groups is 1. The summed E-state index contributed by atoms with van der Waals surface area (Å²) in [5.74, 6) is 2.16. The number of nitrogens with zero attached hydrogens (tertiary/aromatic N) is 2. The van der Waals surface area contributed by atoms with E-state index in [1.165, 1.54) is 12.0 Å². The Balaban J connectivity index is 0.00000280. The lowest BCUT2D eigenvalue weighted by atomic mass is 10.1. The van der Waals surface area contributed by atoms with Crippen LogP contribution >= 0.6 is 24.0 Å². The molecular formula is C22H29IN4O. The Morgan fingerprint density at radius 3 is 2.36 bits per heavy atom. The van der Waals surface area contributed by atoms with E-state index in [9.17, 15) is 4.79 Å². The number of hydrogen-bond donors (Lipinski definition) is 2. The summed E-state index contributed by atoms with van der Waals surface area (Å²) in [7, 11) is 5.31. The average Bonchev–Trinajstić information content (AvgIpc) is 3.48. The third-order valence-electron chi connectivity index (χ3n) is 4.97. The molecule has 3 rings (SSSR count). The molecule has 0 aliphatic heterocycles. The van der Waals surface area contributed by atoms with Gasteiger partial charge in [0.15, 0.2) is 5.96 Å². The fourth-order valence-corrected chi connectivity index (χ4v) is 3.24. The molecule has 1 aliphatic rings. The van der Waals surface area contributed by atoms with E-state index in [1.807, 2.05) is 24.3 Å². The molecule has 0 aromatic heterocycles. The number of amides is 1. The van der Waals surface area contributed by atoms with E-state index in [2.05, 4.69) is 46.0 Å². The fourth-order valence-electron chi connectivity index (χ4n) is 3.24. The van der Waals surface area contributed by atoms with Crippen LogP contribution in [0.2, 0.25) is 0 Å². The van der Waals surface area contributed by atoms with Crippen molar-refractivity contribution >= 4 is 35.8 Å². The Labute approximate surface area is 184 Å². The number of aliphatic imine (C=N–C) groups is 1. The summed E-state index contributed by atoms with van der Waals surface area (Å²) >= 11 is 0. The summed E-state index contributed by atoms with van der Waals surface area (Å²) in [5.41, 5.74) is 3.24. The summed E-state index contributed by atoms with van der Waals surface area (Å²) in [4.78, 5) is 17.8. The first kappa shape index (κ1) is 22.2. The highest BCUT2D eigenvalue weighted by atomic mass is 127. The van der Waals surface area contributed by atoms with Crippen LogP contribution in [0.5, 0.6) is 0 Å². The van der Waals surface area contributed by atoms with Gasteiger partial charge in [0.25, 0.3) is 5.91 Å². The Hall–Kier alpha value is -2.09. The molecule has 2 N–H and O–H groups in total. The number of halogens is 1. The zero-order valence-electron chi connectivity index (χ0n) is 16.7. The molecule has 1 fully saturated rings. The summed E-state index contributed by atoms with van der Waals surface area (Å²) in [6.07, 6.45) is 1.23. The minimum Gasteiger partial charge on any atom is -0.356 e. The number of rotatable bonds is 6. The molecule has 2 atom stereocenters. The lowest BCUT2D eigenvalue weighted by molar-refractivity contribution is 0.0827. The zero-order valence-corrected chi connectivity index (χ0v) is 19.0. The second kappa shape index (κ2) is 10.5. The molecule has 28 heavy (non-hydrogen) atoms. The van der Waals surface area contributed by atoms with Crippen LogP contribution in [0.25, 0.3) is 0 Å². The van der Waals surface area contributed by atoms with Crippen molar-refractivity contribution in [3.8, 4) is 0 Å². The predicted octanol–water partition coefficient (Wildman–Crippen LogP) is 3.48. The summed E-state index contributed by atoms with van der Waals surface area (Å²) in [5, 5.41) is 6.76. The average molecular weight is 492 g/mol. The maximum atomic E-state index is 11.9. The van der Waals surface area contributed by atoms with E-state index < -0.39 is 0 Å². The molecular weight excluding hydrogens is 463 g/mol. The second-order valence-electron chi connectivity index (χ2n) is 7.22. The number of hydrogen-bond acceptors (Lipinski definition) is 2. The second-order valence-corrected chi connectivity index (χ2v) is 7.22. The molecule has 1 saturated carbocycles. The first-order valence-corrected chi connectivity index (χ1v) is 9.38. The Morgan fingerprint density at radius 1 is 1.07 bits per heavy atom. The van der Waals surface area contributed by atoms with Gasteiger partial charge < -0.3 is 15.5 Å². The van der Waals surface area contributed by atoms with Gasteiger partial charge in [-0.1, -0.05) is 42.5 Å². The first-order chi connectivity index (χ1) is 13.1. The lowest BCUT2D eigenvalue weighted by Crippen LogP contribution is -2.38. The number of carbonyl (C=O) groups excluding carboxylic acids is 1. The maximum absolute atomic E-state index is 11.9. The summed E-state index contributed by atoms with van der Waals surface area (Å²) < 4.78 is 0. The van der Waals surface area contributed by atoms with E-state index in [-0.39, 0.29) is 29.9 Å². The largest absolute Gasteiger partial charge is 0.356 e. The van der Waals surface area contributed by atoms with Crippen molar-refractivity contribution in [3.63, 3.8) is 0 Å². The predicted molar refractivity (Wildman–Crippen MR) is 125 cm³/mol. The van der Waals surface area contributed by atoms with Gasteiger partial charge in [0, 0.05) is 39.8 Å². The van der Waals surface area contributed by atoms with Gasteiger partial charge in [-0.3, -0.25) is 9.79 Å². The third kappa shape index (κ3) is 5.95. The monoisotopic (exact) mass is 492 g/mol. The van der Waals surface area contributed by atoms with Gasteiger partial charge in [-0.05, 0) is 41.5 Å². The number of guanidine groups is 1. The molecule has 5 nitrogen and oxygen atoms in total.